The molecular formula is C27H30ClN3O5S2. The fraction of sp³-hybridized carbons (Fsp3) is 0.370. The van der Waals surface area contributed by atoms with Gasteiger partial charge in [-0.05, 0) is 67.0 Å². The minimum atomic E-state index is -3.89. The average molecular weight is 576 g/mol. The van der Waals surface area contributed by atoms with Crippen LogP contribution in [-0.4, -0.2) is 55.5 Å². The van der Waals surface area contributed by atoms with Gasteiger partial charge in [0, 0.05) is 16.3 Å². The SMILES string of the molecule is CC(C)C[C@H](NC(=O)c1cc2ccccc2s1)C(=O)N[C@H]1CCCN(S(=O)(=O)c2ccc(Cl)cc2)CC1=O. The number of nitrogens with one attached hydrogen (secondary N) is 2. The lowest BCUT2D eigenvalue weighted by atomic mass is 10.0. The van der Waals surface area contributed by atoms with E-state index in [9.17, 15) is 22.8 Å². The van der Waals surface area contributed by atoms with Crippen LogP contribution in [0.4, 0.5) is 0 Å². The molecule has 2 aromatic carbocycles. The molecule has 2 heterocycles. The van der Waals surface area contributed by atoms with Crippen molar-refractivity contribution in [1.29, 1.82) is 0 Å². The average Bonchev–Trinajstić information content (AvgIpc) is 3.22. The fourth-order valence-corrected chi connectivity index (χ4v) is 6.94. The van der Waals surface area contributed by atoms with Crippen LogP contribution in [0.2, 0.25) is 5.02 Å². The van der Waals surface area contributed by atoms with Crippen LogP contribution in [0.5, 0.6) is 0 Å². The van der Waals surface area contributed by atoms with E-state index in [1.54, 1.807) is 6.07 Å². The van der Waals surface area contributed by atoms with Crippen molar-refractivity contribution in [3.05, 3.63) is 64.5 Å². The molecule has 2 N–H and O–H groups in total. The summed E-state index contributed by atoms with van der Waals surface area (Å²) in [6.07, 6.45) is 1.09. The fourth-order valence-electron chi connectivity index (χ4n) is 4.41. The normalized spacial score (nSPS) is 17.8. The predicted molar refractivity (Wildman–Crippen MR) is 149 cm³/mol. The molecule has 4 rings (SSSR count). The smallest absolute Gasteiger partial charge is 0.262 e. The van der Waals surface area contributed by atoms with Gasteiger partial charge in [-0.15, -0.1) is 11.3 Å². The zero-order chi connectivity index (χ0) is 27.4. The van der Waals surface area contributed by atoms with Crippen LogP contribution in [-0.2, 0) is 19.6 Å². The molecule has 2 atom stereocenters. The summed E-state index contributed by atoms with van der Waals surface area (Å²) in [4.78, 5) is 39.9. The first-order valence-electron chi connectivity index (χ1n) is 12.4. The lowest BCUT2D eigenvalue weighted by molar-refractivity contribution is -0.129. The van der Waals surface area contributed by atoms with Gasteiger partial charge >= 0.3 is 0 Å². The highest BCUT2D eigenvalue weighted by Crippen LogP contribution is 2.26. The topological polar surface area (TPSA) is 113 Å². The van der Waals surface area contributed by atoms with Crippen LogP contribution >= 0.6 is 22.9 Å². The van der Waals surface area contributed by atoms with E-state index in [0.29, 0.717) is 29.2 Å². The quantitative estimate of drug-likeness (QED) is 0.417. The number of halogens is 1. The number of benzene rings is 2. The van der Waals surface area contributed by atoms with Crippen LogP contribution in [0.3, 0.4) is 0 Å². The molecule has 0 saturated carbocycles. The summed E-state index contributed by atoms with van der Waals surface area (Å²) < 4.78 is 28.3. The monoisotopic (exact) mass is 575 g/mol. The number of hydrogen-bond acceptors (Lipinski definition) is 6. The van der Waals surface area contributed by atoms with Crippen molar-refractivity contribution in [3.8, 4) is 0 Å². The molecule has 3 aromatic rings. The minimum Gasteiger partial charge on any atom is -0.344 e. The van der Waals surface area contributed by atoms with Crippen LogP contribution in [0.1, 0.15) is 42.8 Å². The van der Waals surface area contributed by atoms with Crippen molar-refractivity contribution >= 4 is 60.6 Å². The summed E-state index contributed by atoms with van der Waals surface area (Å²) in [7, 11) is -3.89. The lowest BCUT2D eigenvalue weighted by Gasteiger charge is -2.23. The lowest BCUT2D eigenvalue weighted by Crippen LogP contribution is -2.52. The van der Waals surface area contributed by atoms with Gasteiger partial charge in [0.1, 0.15) is 6.04 Å². The molecule has 8 nitrogen and oxygen atoms in total. The molecule has 202 valence electrons. The Bertz CT molecular complexity index is 1400. The minimum absolute atomic E-state index is 0.0538. The Morgan fingerprint density at radius 2 is 1.84 bits per heavy atom. The van der Waals surface area contributed by atoms with E-state index < -0.39 is 33.8 Å². The Hall–Kier alpha value is -2.79. The van der Waals surface area contributed by atoms with E-state index in [4.69, 9.17) is 11.6 Å². The van der Waals surface area contributed by atoms with Gasteiger partial charge in [-0.25, -0.2) is 8.42 Å². The van der Waals surface area contributed by atoms with Crippen molar-refractivity contribution in [3.63, 3.8) is 0 Å². The highest BCUT2D eigenvalue weighted by atomic mass is 35.5. The maximum absolute atomic E-state index is 13.3. The Labute approximate surface area is 231 Å². The zero-order valence-electron chi connectivity index (χ0n) is 21.1. The molecule has 38 heavy (non-hydrogen) atoms. The Morgan fingerprint density at radius 1 is 1.13 bits per heavy atom. The second-order valence-electron chi connectivity index (χ2n) is 9.77. The molecule has 0 aliphatic carbocycles. The maximum atomic E-state index is 13.3. The van der Waals surface area contributed by atoms with Crippen molar-refractivity contribution in [1.82, 2.24) is 14.9 Å². The molecule has 0 radical (unpaired) electrons. The number of Topliss-reactive ketones (excluding diaryl/α,β-unsaturated/α-hetero) is 1. The third-order valence-electron chi connectivity index (χ3n) is 6.37. The number of carbonyl (C=O) groups is 3. The standard InChI is InChI=1S/C27H30ClN3O5S2/c1-17(2)14-22(30-27(34)25-15-18-6-3-4-8-24(18)37-25)26(33)29-21-7-5-13-31(16-23(21)32)38(35,36)20-11-9-19(28)10-12-20/h3-4,6,8-12,15,17,21-22H,5,7,13-14,16H2,1-2H3,(H,29,33)(H,30,34)/t21-,22-/m0/s1. The predicted octanol–water partition coefficient (Wildman–Crippen LogP) is 4.24. The first-order valence-corrected chi connectivity index (χ1v) is 15.1. The largest absolute Gasteiger partial charge is 0.344 e. The maximum Gasteiger partial charge on any atom is 0.262 e. The molecule has 1 saturated heterocycles. The molecule has 11 heteroatoms. The van der Waals surface area contributed by atoms with Crippen molar-refractivity contribution < 1.29 is 22.8 Å². The Kier molecular flexibility index (Phi) is 8.87. The van der Waals surface area contributed by atoms with Crippen LogP contribution in [0, 0.1) is 5.92 Å². The van der Waals surface area contributed by atoms with E-state index in [1.165, 1.54) is 35.6 Å². The molecule has 0 spiro atoms. The van der Waals surface area contributed by atoms with E-state index >= 15 is 0 Å². The van der Waals surface area contributed by atoms with Gasteiger partial charge in [-0.1, -0.05) is 43.6 Å². The van der Waals surface area contributed by atoms with E-state index in [1.807, 2.05) is 38.1 Å². The number of sulfonamides is 1. The van der Waals surface area contributed by atoms with Gasteiger partial charge in [0.25, 0.3) is 5.91 Å². The summed E-state index contributed by atoms with van der Waals surface area (Å²) in [5.41, 5.74) is 0. The highest BCUT2D eigenvalue weighted by Gasteiger charge is 2.34. The van der Waals surface area contributed by atoms with Gasteiger partial charge in [-0.3, -0.25) is 14.4 Å². The molecule has 0 bridgehead atoms. The Morgan fingerprint density at radius 3 is 2.53 bits per heavy atom. The van der Waals surface area contributed by atoms with Gasteiger partial charge in [0.2, 0.25) is 15.9 Å². The molecule has 2 amide bonds. The number of fused-ring (bicyclic) bond motifs is 1. The van der Waals surface area contributed by atoms with Crippen LogP contribution < -0.4 is 10.6 Å². The molecular weight excluding hydrogens is 546 g/mol. The number of hydrogen-bond donors (Lipinski definition) is 2. The number of ketones is 1. The molecule has 0 unspecified atom stereocenters. The van der Waals surface area contributed by atoms with Gasteiger partial charge in [0.15, 0.2) is 5.78 Å². The summed E-state index contributed by atoms with van der Waals surface area (Å²) in [6, 6.07) is 13.6. The van der Waals surface area contributed by atoms with Crippen LogP contribution in [0.15, 0.2) is 59.5 Å². The van der Waals surface area contributed by atoms with Crippen molar-refractivity contribution in [2.24, 2.45) is 5.92 Å². The number of amides is 2. The zero-order valence-corrected chi connectivity index (χ0v) is 23.5. The first-order chi connectivity index (χ1) is 18.0. The summed E-state index contributed by atoms with van der Waals surface area (Å²) >= 11 is 7.23. The van der Waals surface area contributed by atoms with Crippen LogP contribution in [0.25, 0.3) is 10.1 Å². The molecule has 1 aliphatic rings. The Balaban J connectivity index is 1.44. The number of thiophene rings is 1. The molecule has 1 aromatic heterocycles. The van der Waals surface area contributed by atoms with Gasteiger partial charge < -0.3 is 10.6 Å². The van der Waals surface area contributed by atoms with Crippen molar-refractivity contribution in [2.45, 2.75) is 50.1 Å². The highest BCUT2D eigenvalue weighted by molar-refractivity contribution is 7.89. The van der Waals surface area contributed by atoms with E-state index in [0.717, 1.165) is 14.4 Å². The third kappa shape index (κ3) is 6.61. The van der Waals surface area contributed by atoms with Gasteiger partial charge in [-0.2, -0.15) is 4.31 Å². The number of nitrogens with zero attached hydrogens (tertiary/aromatic N) is 1. The second kappa shape index (κ2) is 11.9. The second-order valence-corrected chi connectivity index (χ2v) is 13.2. The number of rotatable bonds is 8. The van der Waals surface area contributed by atoms with Crippen molar-refractivity contribution in [2.75, 3.05) is 13.1 Å². The summed E-state index contributed by atoms with van der Waals surface area (Å²) in [6.45, 7) is 3.70. The molecule has 1 fully saturated rings. The van der Waals surface area contributed by atoms with Gasteiger partial charge in [0.05, 0.1) is 22.4 Å². The molecule has 1 aliphatic heterocycles. The third-order valence-corrected chi connectivity index (χ3v) is 9.59. The van der Waals surface area contributed by atoms with E-state index in [2.05, 4.69) is 10.6 Å². The number of carbonyl (C=O) groups excluding carboxylic acids is 3. The van der Waals surface area contributed by atoms with E-state index in [-0.39, 0.29) is 29.8 Å². The summed E-state index contributed by atoms with van der Waals surface area (Å²) in [5.74, 6) is -1.09. The summed E-state index contributed by atoms with van der Waals surface area (Å²) in [5, 5.41) is 6.98. The first kappa shape index (κ1) is 28.2.